The highest BCUT2D eigenvalue weighted by molar-refractivity contribution is 7.22. The van der Waals surface area contributed by atoms with Crippen molar-refractivity contribution in [3.63, 3.8) is 0 Å². The molecule has 0 atom stereocenters. The van der Waals surface area contributed by atoms with Crippen LogP contribution in [0.5, 0.6) is 0 Å². The standard InChI is InChI=1S/C24H24F2N4O3S.ClH/c1-3-28(4-2)10-11-29(24-27-22-18(26)13-16(25)14-19(22)34-24)23(33)15-6-5-7-17(12-15)30-20(31)8-9-21(30)32;/h5-7,12-14H,3-4,8-11H2,1-2H3;1H. The van der Waals surface area contributed by atoms with E-state index in [-0.39, 0.29) is 59.8 Å². The molecular formula is C24H25ClF2N4O3S. The molecule has 4 rings (SSSR count). The van der Waals surface area contributed by atoms with E-state index in [0.717, 1.165) is 35.4 Å². The van der Waals surface area contributed by atoms with Crippen LogP contribution in [-0.4, -0.2) is 53.8 Å². The zero-order valence-electron chi connectivity index (χ0n) is 19.3. The van der Waals surface area contributed by atoms with E-state index in [4.69, 9.17) is 0 Å². The maximum Gasteiger partial charge on any atom is 0.260 e. The van der Waals surface area contributed by atoms with Crippen molar-refractivity contribution in [1.29, 1.82) is 0 Å². The summed E-state index contributed by atoms with van der Waals surface area (Å²) in [6.07, 6.45) is 0.279. The van der Waals surface area contributed by atoms with Crippen LogP contribution in [0, 0.1) is 11.6 Å². The van der Waals surface area contributed by atoms with Gasteiger partial charge in [-0.1, -0.05) is 31.3 Å². The number of hydrogen-bond donors (Lipinski definition) is 0. The molecule has 35 heavy (non-hydrogen) atoms. The number of carbonyl (C=O) groups excluding carboxylic acids is 3. The van der Waals surface area contributed by atoms with Gasteiger partial charge in [0.25, 0.3) is 5.91 Å². The van der Waals surface area contributed by atoms with Gasteiger partial charge >= 0.3 is 0 Å². The summed E-state index contributed by atoms with van der Waals surface area (Å²) in [7, 11) is 0. The summed E-state index contributed by atoms with van der Waals surface area (Å²) in [5, 5.41) is 0.246. The molecule has 1 aliphatic heterocycles. The Labute approximate surface area is 211 Å². The number of benzene rings is 2. The third-order valence-corrected chi connectivity index (χ3v) is 6.84. The molecule has 0 saturated carbocycles. The molecule has 0 N–H and O–H groups in total. The van der Waals surface area contributed by atoms with Crippen molar-refractivity contribution in [3.05, 3.63) is 53.6 Å². The second kappa shape index (κ2) is 11.2. The van der Waals surface area contributed by atoms with Gasteiger partial charge in [0, 0.05) is 37.6 Å². The number of carbonyl (C=O) groups is 3. The first-order valence-electron chi connectivity index (χ1n) is 11.1. The van der Waals surface area contributed by atoms with E-state index in [1.165, 1.54) is 17.0 Å². The Morgan fingerprint density at radius 2 is 1.74 bits per heavy atom. The van der Waals surface area contributed by atoms with Crippen molar-refractivity contribution >= 4 is 62.5 Å². The van der Waals surface area contributed by atoms with Gasteiger partial charge in [0.15, 0.2) is 10.9 Å². The second-order valence-electron chi connectivity index (χ2n) is 7.89. The number of halogens is 3. The molecule has 0 bridgehead atoms. The fraction of sp³-hybridized carbons (Fsp3) is 0.333. The summed E-state index contributed by atoms with van der Waals surface area (Å²) < 4.78 is 28.3. The Hall–Kier alpha value is -2.95. The van der Waals surface area contributed by atoms with Crippen LogP contribution in [0.25, 0.3) is 10.2 Å². The molecular weight excluding hydrogens is 498 g/mol. The number of fused-ring (bicyclic) bond motifs is 1. The molecule has 1 aromatic heterocycles. The molecule has 0 radical (unpaired) electrons. The fourth-order valence-corrected chi connectivity index (χ4v) is 4.95. The van der Waals surface area contributed by atoms with Crippen LogP contribution in [0.1, 0.15) is 37.0 Å². The molecule has 0 aliphatic carbocycles. The van der Waals surface area contributed by atoms with Crippen LogP contribution in [0.15, 0.2) is 36.4 Å². The molecule has 0 spiro atoms. The highest BCUT2D eigenvalue weighted by Gasteiger charge is 2.31. The highest BCUT2D eigenvalue weighted by Crippen LogP contribution is 2.32. The van der Waals surface area contributed by atoms with Crippen molar-refractivity contribution in [2.75, 3.05) is 36.0 Å². The minimum Gasteiger partial charge on any atom is -0.302 e. The number of imide groups is 1. The molecule has 2 heterocycles. The van der Waals surface area contributed by atoms with E-state index in [1.807, 2.05) is 13.8 Å². The molecule has 0 unspecified atom stereocenters. The average Bonchev–Trinajstić information content (AvgIpc) is 3.39. The minimum atomic E-state index is -0.790. The maximum atomic E-state index is 14.3. The normalized spacial score (nSPS) is 13.6. The first-order valence-corrected chi connectivity index (χ1v) is 11.9. The number of likely N-dealkylation sites (N-methyl/N-ethyl adjacent to an activating group) is 1. The van der Waals surface area contributed by atoms with Gasteiger partial charge in [-0.3, -0.25) is 24.2 Å². The lowest BCUT2D eigenvalue weighted by Gasteiger charge is -2.25. The van der Waals surface area contributed by atoms with Crippen LogP contribution in [-0.2, 0) is 9.59 Å². The first-order chi connectivity index (χ1) is 16.3. The fourth-order valence-electron chi connectivity index (χ4n) is 3.92. The monoisotopic (exact) mass is 522 g/mol. The Balaban J connectivity index is 0.00000342. The Kier molecular flexibility index (Phi) is 8.52. The Morgan fingerprint density at radius 1 is 1.06 bits per heavy atom. The van der Waals surface area contributed by atoms with E-state index in [1.54, 1.807) is 18.2 Å². The van der Waals surface area contributed by atoms with Gasteiger partial charge in [-0.15, -0.1) is 12.4 Å². The molecule has 3 amide bonds. The van der Waals surface area contributed by atoms with Crippen molar-refractivity contribution in [1.82, 2.24) is 9.88 Å². The van der Waals surface area contributed by atoms with Gasteiger partial charge in [-0.25, -0.2) is 13.8 Å². The smallest absolute Gasteiger partial charge is 0.260 e. The maximum absolute atomic E-state index is 14.3. The van der Waals surface area contributed by atoms with E-state index in [0.29, 0.717) is 16.9 Å². The van der Waals surface area contributed by atoms with Gasteiger partial charge < -0.3 is 4.90 Å². The van der Waals surface area contributed by atoms with Crippen LogP contribution in [0.4, 0.5) is 19.6 Å². The zero-order valence-corrected chi connectivity index (χ0v) is 20.9. The summed E-state index contributed by atoms with van der Waals surface area (Å²) in [5.41, 5.74) is 0.596. The lowest BCUT2D eigenvalue weighted by Crippen LogP contribution is -2.39. The van der Waals surface area contributed by atoms with Crippen LogP contribution >= 0.6 is 23.7 Å². The number of thiazole rings is 1. The topological polar surface area (TPSA) is 73.8 Å². The van der Waals surface area contributed by atoms with Crippen molar-refractivity contribution < 1.29 is 23.2 Å². The molecule has 1 aliphatic rings. The van der Waals surface area contributed by atoms with Crippen LogP contribution in [0.2, 0.25) is 0 Å². The van der Waals surface area contributed by atoms with E-state index in [9.17, 15) is 23.2 Å². The third-order valence-electron chi connectivity index (χ3n) is 5.82. The molecule has 11 heteroatoms. The summed E-state index contributed by atoms with van der Waals surface area (Å²) >= 11 is 1.03. The summed E-state index contributed by atoms with van der Waals surface area (Å²) in [5.74, 6) is -2.53. The molecule has 2 aromatic carbocycles. The van der Waals surface area contributed by atoms with Crippen LogP contribution in [0.3, 0.4) is 0 Å². The van der Waals surface area contributed by atoms with E-state index in [2.05, 4.69) is 9.88 Å². The average molecular weight is 523 g/mol. The quantitative estimate of drug-likeness (QED) is 0.403. The van der Waals surface area contributed by atoms with Crippen molar-refractivity contribution in [3.8, 4) is 0 Å². The predicted octanol–water partition coefficient (Wildman–Crippen LogP) is 4.64. The number of nitrogens with zero attached hydrogens (tertiary/aromatic N) is 4. The zero-order chi connectivity index (χ0) is 24.4. The number of rotatable bonds is 8. The number of amides is 3. The van der Waals surface area contributed by atoms with Crippen molar-refractivity contribution in [2.24, 2.45) is 0 Å². The molecule has 1 saturated heterocycles. The summed E-state index contributed by atoms with van der Waals surface area (Å²) in [4.78, 5) is 46.9. The van der Waals surface area contributed by atoms with Gasteiger partial charge in [0.05, 0.1) is 10.4 Å². The number of hydrogen-bond acceptors (Lipinski definition) is 6. The minimum absolute atomic E-state index is 0. The molecule has 186 valence electrons. The Morgan fingerprint density at radius 3 is 2.40 bits per heavy atom. The number of anilines is 2. The largest absolute Gasteiger partial charge is 0.302 e. The second-order valence-corrected chi connectivity index (χ2v) is 8.90. The van der Waals surface area contributed by atoms with Gasteiger partial charge in [-0.05, 0) is 37.4 Å². The van der Waals surface area contributed by atoms with Gasteiger partial charge in [0.1, 0.15) is 11.3 Å². The van der Waals surface area contributed by atoms with Gasteiger partial charge in [0.2, 0.25) is 11.8 Å². The van der Waals surface area contributed by atoms with E-state index < -0.39 is 17.5 Å². The molecule has 1 fully saturated rings. The number of aromatic nitrogens is 1. The summed E-state index contributed by atoms with van der Waals surface area (Å²) in [6.45, 7) is 6.42. The van der Waals surface area contributed by atoms with Crippen LogP contribution < -0.4 is 9.80 Å². The molecule has 7 nitrogen and oxygen atoms in total. The lowest BCUT2D eigenvalue weighted by atomic mass is 10.1. The SMILES string of the molecule is CCN(CC)CCN(C(=O)c1cccc(N2C(=O)CCC2=O)c1)c1nc2c(F)cc(F)cc2s1.Cl. The Bertz CT molecular complexity index is 1250. The molecule has 3 aromatic rings. The van der Waals surface area contributed by atoms with Crippen molar-refractivity contribution in [2.45, 2.75) is 26.7 Å². The first kappa shape index (κ1) is 26.7. The highest BCUT2D eigenvalue weighted by atomic mass is 35.5. The van der Waals surface area contributed by atoms with E-state index >= 15 is 0 Å². The lowest BCUT2D eigenvalue weighted by molar-refractivity contribution is -0.121. The summed E-state index contributed by atoms with van der Waals surface area (Å²) in [6, 6.07) is 8.26. The predicted molar refractivity (Wildman–Crippen MR) is 134 cm³/mol. The third kappa shape index (κ3) is 5.50. The van der Waals surface area contributed by atoms with Gasteiger partial charge in [-0.2, -0.15) is 0 Å².